The summed E-state index contributed by atoms with van der Waals surface area (Å²) in [5.41, 5.74) is 1.43. The Bertz CT molecular complexity index is 1130. The van der Waals surface area contributed by atoms with Crippen molar-refractivity contribution in [1.29, 1.82) is 0 Å². The minimum Gasteiger partial charge on any atom is -0.274 e. The van der Waals surface area contributed by atoms with E-state index in [9.17, 15) is 18.0 Å². The van der Waals surface area contributed by atoms with Crippen LogP contribution in [0.2, 0.25) is 10.0 Å². The summed E-state index contributed by atoms with van der Waals surface area (Å²) in [6.07, 6.45) is 2.76. The van der Waals surface area contributed by atoms with Gasteiger partial charge in [0.25, 0.3) is 5.91 Å². The highest BCUT2D eigenvalue weighted by atomic mass is 35.5. The zero-order valence-electron chi connectivity index (χ0n) is 16.9. The average Bonchev–Trinajstić information content (AvgIpc) is 3.33. The van der Waals surface area contributed by atoms with Gasteiger partial charge in [0.05, 0.1) is 17.1 Å². The molecule has 164 valence electrons. The first-order valence-electron chi connectivity index (χ1n) is 10.1. The molecule has 0 N–H and O–H groups in total. The van der Waals surface area contributed by atoms with Gasteiger partial charge in [-0.05, 0) is 50.1 Å². The van der Waals surface area contributed by atoms with E-state index in [-0.39, 0.29) is 27.4 Å². The van der Waals surface area contributed by atoms with Gasteiger partial charge in [-0.3, -0.25) is 9.59 Å². The van der Waals surface area contributed by atoms with E-state index >= 15 is 0 Å². The van der Waals surface area contributed by atoms with Gasteiger partial charge in [0, 0.05) is 11.1 Å². The van der Waals surface area contributed by atoms with Crippen molar-refractivity contribution in [2.45, 2.75) is 56.0 Å². The third-order valence-corrected chi connectivity index (χ3v) is 8.53. The van der Waals surface area contributed by atoms with Crippen molar-refractivity contribution in [3.8, 4) is 0 Å². The SMILES string of the molecule is Cc1ccc(N2C(=O)CC(N(C3CCCC3)S(=O)(=O)c3cc(Cl)ccc3Cl)C2=O)cc1. The molecule has 1 saturated carbocycles. The van der Waals surface area contributed by atoms with Crippen LogP contribution in [0.3, 0.4) is 0 Å². The molecule has 2 aromatic rings. The lowest BCUT2D eigenvalue weighted by Gasteiger charge is -2.32. The van der Waals surface area contributed by atoms with E-state index in [4.69, 9.17) is 23.2 Å². The van der Waals surface area contributed by atoms with E-state index < -0.39 is 27.9 Å². The number of hydrogen-bond donors (Lipinski definition) is 0. The van der Waals surface area contributed by atoms with Gasteiger partial charge in [-0.15, -0.1) is 0 Å². The van der Waals surface area contributed by atoms with Crippen LogP contribution in [0.15, 0.2) is 47.4 Å². The molecular weight excluding hydrogens is 459 g/mol. The Morgan fingerprint density at radius 1 is 1.00 bits per heavy atom. The molecule has 1 aliphatic carbocycles. The van der Waals surface area contributed by atoms with Crippen LogP contribution in [-0.2, 0) is 19.6 Å². The van der Waals surface area contributed by atoms with Crippen molar-refractivity contribution < 1.29 is 18.0 Å². The van der Waals surface area contributed by atoms with E-state index in [0.717, 1.165) is 23.3 Å². The molecule has 2 aliphatic rings. The maximum Gasteiger partial charge on any atom is 0.252 e. The first-order valence-corrected chi connectivity index (χ1v) is 12.3. The first-order chi connectivity index (χ1) is 14.7. The number of carbonyl (C=O) groups is 2. The summed E-state index contributed by atoms with van der Waals surface area (Å²) in [7, 11) is -4.17. The molecule has 0 radical (unpaired) electrons. The third-order valence-electron chi connectivity index (χ3n) is 5.86. The number of rotatable bonds is 5. The zero-order chi connectivity index (χ0) is 22.3. The molecule has 31 heavy (non-hydrogen) atoms. The lowest BCUT2D eigenvalue weighted by molar-refractivity contribution is -0.122. The molecule has 2 fully saturated rings. The maximum atomic E-state index is 13.7. The van der Waals surface area contributed by atoms with Crippen molar-refractivity contribution in [3.63, 3.8) is 0 Å². The fourth-order valence-electron chi connectivity index (χ4n) is 4.35. The van der Waals surface area contributed by atoms with E-state index in [1.54, 1.807) is 24.3 Å². The molecule has 1 unspecified atom stereocenters. The number of hydrogen-bond acceptors (Lipinski definition) is 4. The maximum absolute atomic E-state index is 13.7. The number of aryl methyl sites for hydroxylation is 1. The number of imide groups is 1. The van der Waals surface area contributed by atoms with Crippen LogP contribution >= 0.6 is 23.2 Å². The molecule has 1 saturated heterocycles. The molecule has 0 spiro atoms. The van der Waals surface area contributed by atoms with Gasteiger partial charge in [-0.2, -0.15) is 4.31 Å². The molecule has 1 aliphatic heterocycles. The Morgan fingerprint density at radius 3 is 2.29 bits per heavy atom. The number of sulfonamides is 1. The Kier molecular flexibility index (Phi) is 6.14. The van der Waals surface area contributed by atoms with Crippen LogP contribution in [0.4, 0.5) is 5.69 Å². The Balaban J connectivity index is 1.77. The molecule has 1 heterocycles. The molecule has 0 bridgehead atoms. The van der Waals surface area contributed by atoms with Gasteiger partial charge in [-0.25, -0.2) is 13.3 Å². The summed E-state index contributed by atoms with van der Waals surface area (Å²) in [4.78, 5) is 27.1. The molecule has 2 aromatic carbocycles. The molecule has 6 nitrogen and oxygen atoms in total. The monoisotopic (exact) mass is 480 g/mol. The third kappa shape index (κ3) is 4.12. The van der Waals surface area contributed by atoms with E-state index in [1.165, 1.54) is 22.5 Å². The van der Waals surface area contributed by atoms with Crippen LogP contribution in [0.5, 0.6) is 0 Å². The van der Waals surface area contributed by atoms with E-state index in [2.05, 4.69) is 0 Å². The lowest BCUT2D eigenvalue weighted by Crippen LogP contribution is -2.49. The van der Waals surface area contributed by atoms with Crippen LogP contribution in [-0.4, -0.2) is 36.6 Å². The molecular formula is C22H22Cl2N2O4S. The van der Waals surface area contributed by atoms with Crippen LogP contribution in [0.25, 0.3) is 0 Å². The summed E-state index contributed by atoms with van der Waals surface area (Å²) in [5.74, 6) is -0.961. The number of benzene rings is 2. The van der Waals surface area contributed by atoms with Crippen molar-refractivity contribution in [2.75, 3.05) is 4.90 Å². The fraction of sp³-hybridized carbons (Fsp3) is 0.364. The molecule has 0 aromatic heterocycles. The standard InChI is InChI=1S/C22H22Cl2N2O4S/c1-14-6-9-16(10-7-14)25-21(27)13-19(22(25)28)26(17-4-2-3-5-17)31(29,30)20-12-15(23)8-11-18(20)24/h6-12,17,19H,2-5,13H2,1H3. The lowest BCUT2D eigenvalue weighted by atomic mass is 10.1. The van der Waals surface area contributed by atoms with Crippen LogP contribution in [0, 0.1) is 6.92 Å². The van der Waals surface area contributed by atoms with Gasteiger partial charge in [0.1, 0.15) is 10.9 Å². The molecule has 4 rings (SSSR count). The molecule has 9 heteroatoms. The minimum absolute atomic E-state index is 0.0274. The van der Waals surface area contributed by atoms with Crippen molar-refractivity contribution in [1.82, 2.24) is 4.31 Å². The number of carbonyl (C=O) groups excluding carboxylic acids is 2. The largest absolute Gasteiger partial charge is 0.274 e. The first kappa shape index (κ1) is 22.3. The van der Waals surface area contributed by atoms with Crippen molar-refractivity contribution in [2.24, 2.45) is 0 Å². The number of anilines is 1. The summed E-state index contributed by atoms with van der Waals surface area (Å²) in [5, 5.41) is 0.254. The second-order valence-corrected chi connectivity index (χ2v) is 10.6. The number of halogens is 2. The predicted molar refractivity (Wildman–Crippen MR) is 120 cm³/mol. The Labute approximate surface area is 191 Å². The topological polar surface area (TPSA) is 74.8 Å². The second-order valence-electron chi connectivity index (χ2n) is 7.97. The summed E-state index contributed by atoms with van der Waals surface area (Å²) >= 11 is 12.3. The van der Waals surface area contributed by atoms with Gasteiger partial charge in [0.15, 0.2) is 0 Å². The summed E-state index contributed by atoms with van der Waals surface area (Å²) < 4.78 is 28.7. The Hall–Kier alpha value is -1.93. The van der Waals surface area contributed by atoms with E-state index in [0.29, 0.717) is 18.5 Å². The summed E-state index contributed by atoms with van der Waals surface area (Å²) in [6.45, 7) is 1.91. The van der Waals surface area contributed by atoms with Crippen LogP contribution < -0.4 is 4.90 Å². The van der Waals surface area contributed by atoms with Gasteiger partial charge >= 0.3 is 0 Å². The normalized spacial score (nSPS) is 20.3. The van der Waals surface area contributed by atoms with E-state index in [1.807, 2.05) is 6.92 Å². The van der Waals surface area contributed by atoms with Crippen molar-refractivity contribution in [3.05, 3.63) is 58.1 Å². The zero-order valence-corrected chi connectivity index (χ0v) is 19.3. The fourth-order valence-corrected chi connectivity index (χ4v) is 6.91. The smallest absolute Gasteiger partial charge is 0.252 e. The van der Waals surface area contributed by atoms with Crippen molar-refractivity contribution >= 4 is 50.7 Å². The highest BCUT2D eigenvalue weighted by Crippen LogP contribution is 2.37. The van der Waals surface area contributed by atoms with Gasteiger partial charge < -0.3 is 0 Å². The predicted octanol–water partition coefficient (Wildman–Crippen LogP) is 4.57. The second kappa shape index (κ2) is 8.54. The summed E-state index contributed by atoms with van der Waals surface area (Å²) in [6, 6.07) is 9.72. The van der Waals surface area contributed by atoms with Gasteiger partial charge in [-0.1, -0.05) is 53.7 Å². The van der Waals surface area contributed by atoms with Gasteiger partial charge in [0.2, 0.25) is 15.9 Å². The number of amides is 2. The quantitative estimate of drug-likeness (QED) is 0.587. The van der Waals surface area contributed by atoms with Crippen LogP contribution in [0.1, 0.15) is 37.7 Å². The highest BCUT2D eigenvalue weighted by Gasteiger charge is 2.50. The highest BCUT2D eigenvalue weighted by molar-refractivity contribution is 7.89. The number of nitrogens with zero attached hydrogens (tertiary/aromatic N) is 2. The molecule has 2 amide bonds. The minimum atomic E-state index is -4.17. The Morgan fingerprint density at radius 2 is 1.65 bits per heavy atom. The molecule has 1 atom stereocenters. The average molecular weight is 481 g/mol.